The van der Waals surface area contributed by atoms with Crippen molar-refractivity contribution in [1.82, 2.24) is 0 Å². The molecule has 0 unspecified atom stereocenters. The van der Waals surface area contributed by atoms with E-state index in [0.717, 1.165) is 6.42 Å². The Balaban J connectivity index is 0.000000360. The van der Waals surface area contributed by atoms with E-state index in [4.69, 9.17) is 0 Å². The Morgan fingerprint density at radius 3 is 2.43 bits per heavy atom. The van der Waals surface area contributed by atoms with Gasteiger partial charge in [-0.3, -0.25) is 4.79 Å². The van der Waals surface area contributed by atoms with Crippen LogP contribution in [0.3, 0.4) is 0 Å². The second kappa shape index (κ2) is 3.14. The average molecular weight is 187 g/mol. The van der Waals surface area contributed by atoms with Crippen molar-refractivity contribution in [3.05, 3.63) is 0 Å². The first-order valence-electron chi connectivity index (χ1n) is 2.05. The van der Waals surface area contributed by atoms with E-state index < -0.39 is 0 Å². The molecular weight excluding hydrogens is 181 g/mol. The summed E-state index contributed by atoms with van der Waals surface area (Å²) in [4.78, 5) is 10.0. The molecule has 7 heavy (non-hydrogen) atoms. The van der Waals surface area contributed by atoms with Crippen molar-refractivity contribution in [1.29, 1.82) is 0 Å². The van der Waals surface area contributed by atoms with Crippen LogP contribution in [0, 0.1) is 0 Å². The fraction of sp³-hybridized carbons (Fsp3) is 0.750. The molecule has 0 atom stereocenters. The van der Waals surface area contributed by atoms with Crippen molar-refractivity contribution in [2.75, 3.05) is 6.61 Å². The van der Waals surface area contributed by atoms with Gasteiger partial charge in [-0.05, 0) is 6.42 Å². The fourth-order valence-electron chi connectivity index (χ4n) is 0.475. The molecule has 1 rings (SSSR count). The third-order valence-electron chi connectivity index (χ3n) is 0.788. The van der Waals surface area contributed by atoms with Crippen molar-refractivity contribution < 1.29 is 29.0 Å². The Bertz CT molecular complexity index is 64.1. The van der Waals surface area contributed by atoms with Crippen LogP contribution in [0.1, 0.15) is 12.8 Å². The largest absolute Gasteiger partial charge is 0.466 e. The Kier molecular flexibility index (Phi) is 3.18. The van der Waals surface area contributed by atoms with Crippen LogP contribution in [0.25, 0.3) is 0 Å². The number of cyclic esters (lactones) is 1. The van der Waals surface area contributed by atoms with Gasteiger partial charge in [0, 0.05) is 25.9 Å². The van der Waals surface area contributed by atoms with Gasteiger partial charge in [0.2, 0.25) is 0 Å². The van der Waals surface area contributed by atoms with E-state index in [1.165, 1.54) is 0 Å². The van der Waals surface area contributed by atoms with Crippen molar-refractivity contribution in [3.63, 3.8) is 0 Å². The molecule has 0 aromatic carbocycles. The number of carbonyl (C=O) groups excluding carboxylic acids is 1. The van der Waals surface area contributed by atoms with Gasteiger partial charge in [0.1, 0.15) is 0 Å². The van der Waals surface area contributed by atoms with Gasteiger partial charge in [0.15, 0.2) is 0 Å². The van der Waals surface area contributed by atoms with Crippen LogP contribution in [0.5, 0.6) is 0 Å². The first-order chi connectivity index (χ1) is 2.89. The molecule has 1 fully saturated rings. The normalized spacial score (nSPS) is 18.0. The minimum absolute atomic E-state index is 0. The maximum absolute atomic E-state index is 10.0. The van der Waals surface area contributed by atoms with Gasteiger partial charge in [0.25, 0.3) is 0 Å². The summed E-state index contributed by atoms with van der Waals surface area (Å²) in [6.45, 7) is 0.638. The van der Waals surface area contributed by atoms with Crippen LogP contribution in [-0.4, -0.2) is 12.6 Å². The predicted octanol–water partition coefficient (Wildman–Crippen LogP) is 0.321. The molecule has 2 nitrogen and oxygen atoms in total. The van der Waals surface area contributed by atoms with E-state index in [1.807, 2.05) is 0 Å². The summed E-state index contributed by atoms with van der Waals surface area (Å²) in [6, 6.07) is 0. The molecule has 1 saturated heterocycles. The molecule has 0 aromatic rings. The Morgan fingerprint density at radius 1 is 1.57 bits per heavy atom. The smallest absolute Gasteiger partial charge is 0.305 e. The third-order valence-corrected chi connectivity index (χ3v) is 0.788. The van der Waals surface area contributed by atoms with E-state index in [9.17, 15) is 4.79 Å². The molecule has 1 aliphatic heterocycles. The summed E-state index contributed by atoms with van der Waals surface area (Å²) in [5, 5.41) is 0. The summed E-state index contributed by atoms with van der Waals surface area (Å²) in [6.07, 6.45) is 1.54. The molecule has 3 heteroatoms. The average Bonchev–Trinajstić information content (AvgIpc) is 1.86. The molecule has 1 heterocycles. The Hall–Kier alpha value is 0.0934. The van der Waals surface area contributed by atoms with Gasteiger partial charge < -0.3 is 4.74 Å². The van der Waals surface area contributed by atoms with Crippen LogP contribution in [-0.2, 0) is 29.0 Å². The van der Waals surface area contributed by atoms with Gasteiger partial charge in [-0.15, -0.1) is 0 Å². The second-order valence-corrected chi connectivity index (χ2v) is 1.32. The topological polar surface area (TPSA) is 26.3 Å². The SMILES string of the molecule is O=C1CCCO1.[Ru]. The zero-order chi connectivity index (χ0) is 4.41. The maximum Gasteiger partial charge on any atom is 0.305 e. The standard InChI is InChI=1S/C4H6O2.Ru/c5-4-2-1-3-6-4;/h1-3H2;. The van der Waals surface area contributed by atoms with Crippen molar-refractivity contribution in [2.45, 2.75) is 12.8 Å². The first kappa shape index (κ1) is 7.09. The first-order valence-corrected chi connectivity index (χ1v) is 2.05. The molecule has 0 spiro atoms. The minimum atomic E-state index is -0.0463. The summed E-state index contributed by atoms with van der Waals surface area (Å²) in [7, 11) is 0. The Morgan fingerprint density at radius 2 is 2.29 bits per heavy atom. The molecule has 0 bridgehead atoms. The summed E-state index contributed by atoms with van der Waals surface area (Å²) >= 11 is 0. The van der Waals surface area contributed by atoms with Crippen molar-refractivity contribution in [3.8, 4) is 0 Å². The molecule has 0 amide bonds. The predicted molar refractivity (Wildman–Crippen MR) is 20.2 cm³/mol. The number of carbonyl (C=O) groups is 1. The summed E-state index contributed by atoms with van der Waals surface area (Å²) < 4.78 is 4.51. The minimum Gasteiger partial charge on any atom is -0.466 e. The van der Waals surface area contributed by atoms with Crippen LogP contribution in [0.4, 0.5) is 0 Å². The number of esters is 1. The number of hydrogen-bond acceptors (Lipinski definition) is 2. The fourth-order valence-corrected chi connectivity index (χ4v) is 0.475. The third kappa shape index (κ3) is 2.03. The Labute approximate surface area is 55.0 Å². The summed E-state index contributed by atoms with van der Waals surface area (Å²) in [5.41, 5.74) is 0. The zero-order valence-corrected chi connectivity index (χ0v) is 5.53. The number of rotatable bonds is 0. The monoisotopic (exact) mass is 188 g/mol. The van der Waals surface area contributed by atoms with Gasteiger partial charge in [0.05, 0.1) is 6.61 Å². The second-order valence-electron chi connectivity index (χ2n) is 1.32. The van der Waals surface area contributed by atoms with Crippen molar-refractivity contribution >= 4 is 5.97 Å². The van der Waals surface area contributed by atoms with Gasteiger partial charge in [-0.2, -0.15) is 0 Å². The molecule has 0 radical (unpaired) electrons. The van der Waals surface area contributed by atoms with Crippen LogP contribution in [0.15, 0.2) is 0 Å². The van der Waals surface area contributed by atoms with Gasteiger partial charge in [-0.1, -0.05) is 0 Å². The maximum atomic E-state index is 10.0. The number of ether oxygens (including phenoxy) is 1. The molecule has 0 N–H and O–H groups in total. The number of hydrogen-bond donors (Lipinski definition) is 0. The quantitative estimate of drug-likeness (QED) is 0.403. The molecule has 1 aliphatic rings. The van der Waals surface area contributed by atoms with E-state index >= 15 is 0 Å². The molecule has 0 saturated carbocycles. The zero-order valence-electron chi connectivity index (χ0n) is 3.79. The van der Waals surface area contributed by atoms with Crippen molar-refractivity contribution in [2.24, 2.45) is 0 Å². The van der Waals surface area contributed by atoms with E-state index in [2.05, 4.69) is 4.74 Å². The van der Waals surface area contributed by atoms with E-state index in [0.29, 0.717) is 13.0 Å². The molecular formula is C4H6O2Ru. The van der Waals surface area contributed by atoms with Gasteiger partial charge >= 0.3 is 5.97 Å². The van der Waals surface area contributed by atoms with E-state index in [1.54, 1.807) is 0 Å². The van der Waals surface area contributed by atoms with Crippen LogP contribution < -0.4 is 0 Å². The molecule has 0 aliphatic carbocycles. The summed E-state index contributed by atoms with van der Waals surface area (Å²) in [5.74, 6) is -0.0463. The molecule has 42 valence electrons. The van der Waals surface area contributed by atoms with Gasteiger partial charge in [-0.25, -0.2) is 0 Å². The van der Waals surface area contributed by atoms with Crippen LogP contribution in [0.2, 0.25) is 0 Å². The molecule has 0 aromatic heterocycles. The van der Waals surface area contributed by atoms with E-state index in [-0.39, 0.29) is 25.4 Å². The van der Waals surface area contributed by atoms with Crippen LogP contribution >= 0.6 is 0 Å².